The zero-order valence-electron chi connectivity index (χ0n) is 11.0. The van der Waals surface area contributed by atoms with E-state index in [4.69, 9.17) is 4.42 Å². The monoisotopic (exact) mass is 250 g/mol. The van der Waals surface area contributed by atoms with Crippen molar-refractivity contribution in [3.05, 3.63) is 24.2 Å². The van der Waals surface area contributed by atoms with E-state index in [1.165, 1.54) is 25.7 Å². The molecule has 0 saturated carbocycles. The Morgan fingerprint density at radius 1 is 1.39 bits per heavy atom. The van der Waals surface area contributed by atoms with Crippen molar-refractivity contribution in [1.29, 1.82) is 0 Å². The molecule has 1 aliphatic rings. The summed E-state index contributed by atoms with van der Waals surface area (Å²) in [6.07, 6.45) is 6.61. The highest BCUT2D eigenvalue weighted by Gasteiger charge is 2.21. The van der Waals surface area contributed by atoms with Crippen LogP contribution in [0.2, 0.25) is 0 Å². The van der Waals surface area contributed by atoms with Gasteiger partial charge < -0.3 is 9.73 Å². The maximum Gasteiger partial charge on any atom is 0.237 e. The summed E-state index contributed by atoms with van der Waals surface area (Å²) in [5.41, 5.74) is 0. The van der Waals surface area contributed by atoms with Gasteiger partial charge in [-0.1, -0.05) is 12.8 Å². The van der Waals surface area contributed by atoms with E-state index in [1.807, 2.05) is 19.1 Å². The SMILES string of the molecule is CC(C(=O)NCc1ccco1)N1CCCCCC1. The lowest BCUT2D eigenvalue weighted by molar-refractivity contribution is -0.126. The number of hydrogen-bond acceptors (Lipinski definition) is 3. The van der Waals surface area contributed by atoms with Crippen LogP contribution in [0.5, 0.6) is 0 Å². The highest BCUT2D eigenvalue weighted by molar-refractivity contribution is 5.81. The fraction of sp³-hybridized carbons (Fsp3) is 0.643. The molecule has 100 valence electrons. The van der Waals surface area contributed by atoms with Gasteiger partial charge >= 0.3 is 0 Å². The third-order valence-electron chi connectivity index (χ3n) is 3.58. The Bertz CT molecular complexity index is 354. The molecule has 1 aliphatic heterocycles. The summed E-state index contributed by atoms with van der Waals surface area (Å²) in [6, 6.07) is 3.66. The number of likely N-dealkylation sites (tertiary alicyclic amines) is 1. The van der Waals surface area contributed by atoms with E-state index >= 15 is 0 Å². The average molecular weight is 250 g/mol. The maximum absolute atomic E-state index is 12.1. The van der Waals surface area contributed by atoms with Gasteiger partial charge in [0.1, 0.15) is 5.76 Å². The summed E-state index contributed by atoms with van der Waals surface area (Å²) in [5, 5.41) is 2.93. The molecule has 4 heteroatoms. The van der Waals surface area contributed by atoms with E-state index < -0.39 is 0 Å². The molecule has 0 aliphatic carbocycles. The molecule has 0 spiro atoms. The molecule has 2 heterocycles. The summed E-state index contributed by atoms with van der Waals surface area (Å²) >= 11 is 0. The molecular formula is C14H22N2O2. The minimum atomic E-state index is -0.0435. The highest BCUT2D eigenvalue weighted by atomic mass is 16.3. The molecule has 0 bridgehead atoms. The molecule has 18 heavy (non-hydrogen) atoms. The number of hydrogen-bond donors (Lipinski definition) is 1. The molecule has 0 radical (unpaired) electrons. The number of carbonyl (C=O) groups excluding carboxylic acids is 1. The fourth-order valence-electron chi connectivity index (χ4n) is 2.38. The first kappa shape index (κ1) is 13.1. The molecule has 1 fully saturated rings. The van der Waals surface area contributed by atoms with Crippen LogP contribution in [0.25, 0.3) is 0 Å². The zero-order valence-corrected chi connectivity index (χ0v) is 11.0. The minimum Gasteiger partial charge on any atom is -0.467 e. The van der Waals surface area contributed by atoms with Crippen LogP contribution in [0.15, 0.2) is 22.8 Å². The molecule has 2 rings (SSSR count). The largest absolute Gasteiger partial charge is 0.467 e. The first-order chi connectivity index (χ1) is 8.77. The molecule has 1 aromatic rings. The molecule has 4 nitrogen and oxygen atoms in total. The first-order valence-corrected chi connectivity index (χ1v) is 6.81. The smallest absolute Gasteiger partial charge is 0.237 e. The van der Waals surface area contributed by atoms with Crippen LogP contribution in [0, 0.1) is 0 Å². The van der Waals surface area contributed by atoms with Crippen molar-refractivity contribution in [2.24, 2.45) is 0 Å². The second-order valence-electron chi connectivity index (χ2n) is 4.92. The van der Waals surface area contributed by atoms with Crippen molar-refractivity contribution in [2.75, 3.05) is 13.1 Å². The predicted octanol–water partition coefficient (Wildman–Crippen LogP) is 2.16. The van der Waals surface area contributed by atoms with Crippen LogP contribution in [0.4, 0.5) is 0 Å². The van der Waals surface area contributed by atoms with Crippen molar-refractivity contribution >= 4 is 5.91 Å². The Morgan fingerprint density at radius 3 is 2.72 bits per heavy atom. The Labute approximate surface area is 108 Å². The number of furan rings is 1. The van der Waals surface area contributed by atoms with E-state index in [9.17, 15) is 4.79 Å². The van der Waals surface area contributed by atoms with Crippen molar-refractivity contribution in [3.63, 3.8) is 0 Å². The number of nitrogens with one attached hydrogen (secondary N) is 1. The zero-order chi connectivity index (χ0) is 12.8. The molecule has 1 aromatic heterocycles. The Morgan fingerprint density at radius 2 is 2.11 bits per heavy atom. The Hall–Kier alpha value is -1.29. The van der Waals surface area contributed by atoms with E-state index in [0.717, 1.165) is 18.8 Å². The summed E-state index contributed by atoms with van der Waals surface area (Å²) in [7, 11) is 0. The van der Waals surface area contributed by atoms with Crippen LogP contribution in [0.1, 0.15) is 38.4 Å². The number of amides is 1. The van der Waals surface area contributed by atoms with Crippen molar-refractivity contribution < 1.29 is 9.21 Å². The van der Waals surface area contributed by atoms with Gasteiger partial charge in [-0.2, -0.15) is 0 Å². The molecule has 1 N–H and O–H groups in total. The van der Waals surface area contributed by atoms with Crippen LogP contribution in [0.3, 0.4) is 0 Å². The summed E-state index contributed by atoms with van der Waals surface area (Å²) in [5.74, 6) is 0.889. The summed E-state index contributed by atoms with van der Waals surface area (Å²) in [6.45, 7) is 4.54. The third-order valence-corrected chi connectivity index (χ3v) is 3.58. The van der Waals surface area contributed by atoms with Gasteiger partial charge in [-0.25, -0.2) is 0 Å². The standard InChI is InChI=1S/C14H22N2O2/c1-12(16-8-4-2-3-5-9-16)14(17)15-11-13-7-6-10-18-13/h6-7,10,12H,2-5,8-9,11H2,1H3,(H,15,17). The topological polar surface area (TPSA) is 45.5 Å². The number of rotatable bonds is 4. The van der Waals surface area contributed by atoms with Gasteiger partial charge in [-0.05, 0) is 45.0 Å². The lowest BCUT2D eigenvalue weighted by Gasteiger charge is -2.26. The molecule has 0 aromatic carbocycles. The van der Waals surface area contributed by atoms with E-state index in [0.29, 0.717) is 6.54 Å². The van der Waals surface area contributed by atoms with Gasteiger partial charge in [0.25, 0.3) is 0 Å². The van der Waals surface area contributed by atoms with Gasteiger partial charge in [0.2, 0.25) is 5.91 Å². The minimum absolute atomic E-state index is 0.0435. The van der Waals surface area contributed by atoms with Crippen LogP contribution in [-0.4, -0.2) is 29.9 Å². The van der Waals surface area contributed by atoms with Gasteiger partial charge in [-0.15, -0.1) is 0 Å². The quantitative estimate of drug-likeness (QED) is 0.890. The number of carbonyl (C=O) groups is 1. The van der Waals surface area contributed by atoms with Crippen molar-refractivity contribution in [3.8, 4) is 0 Å². The highest BCUT2D eigenvalue weighted by Crippen LogP contribution is 2.12. The van der Waals surface area contributed by atoms with E-state index in [1.54, 1.807) is 6.26 Å². The van der Waals surface area contributed by atoms with E-state index in [-0.39, 0.29) is 11.9 Å². The fourth-order valence-corrected chi connectivity index (χ4v) is 2.38. The second kappa shape index (κ2) is 6.59. The predicted molar refractivity (Wildman–Crippen MR) is 70.1 cm³/mol. The molecule has 1 atom stereocenters. The van der Waals surface area contributed by atoms with Crippen molar-refractivity contribution in [2.45, 2.75) is 45.2 Å². The lowest BCUT2D eigenvalue weighted by atomic mass is 10.2. The van der Waals surface area contributed by atoms with Crippen LogP contribution in [-0.2, 0) is 11.3 Å². The number of nitrogens with zero attached hydrogens (tertiary/aromatic N) is 1. The summed E-state index contributed by atoms with van der Waals surface area (Å²) < 4.78 is 5.20. The molecular weight excluding hydrogens is 228 g/mol. The summed E-state index contributed by atoms with van der Waals surface area (Å²) in [4.78, 5) is 14.3. The third kappa shape index (κ3) is 3.60. The maximum atomic E-state index is 12.1. The van der Waals surface area contributed by atoms with Crippen LogP contribution < -0.4 is 5.32 Å². The van der Waals surface area contributed by atoms with E-state index in [2.05, 4.69) is 10.2 Å². The van der Waals surface area contributed by atoms with Gasteiger partial charge in [0.15, 0.2) is 0 Å². The molecule has 1 amide bonds. The molecule has 1 saturated heterocycles. The normalized spacial score (nSPS) is 19.2. The Kier molecular flexibility index (Phi) is 4.81. The van der Waals surface area contributed by atoms with Crippen molar-refractivity contribution in [1.82, 2.24) is 10.2 Å². The van der Waals surface area contributed by atoms with Crippen LogP contribution >= 0.6 is 0 Å². The average Bonchev–Trinajstić information content (AvgIpc) is 2.75. The van der Waals surface area contributed by atoms with Gasteiger partial charge in [0.05, 0.1) is 18.8 Å². The first-order valence-electron chi connectivity index (χ1n) is 6.81. The Balaban J connectivity index is 1.79. The second-order valence-corrected chi connectivity index (χ2v) is 4.92. The van der Waals surface area contributed by atoms with Gasteiger partial charge in [0, 0.05) is 0 Å². The molecule has 1 unspecified atom stereocenters. The lowest BCUT2D eigenvalue weighted by Crippen LogP contribution is -2.45. The van der Waals surface area contributed by atoms with Gasteiger partial charge in [-0.3, -0.25) is 9.69 Å².